The van der Waals surface area contributed by atoms with Crippen LogP contribution in [-0.2, 0) is 6.42 Å². The molecule has 0 amide bonds. The van der Waals surface area contributed by atoms with Crippen molar-refractivity contribution in [3.8, 4) is 0 Å². The van der Waals surface area contributed by atoms with Crippen LogP contribution < -0.4 is 0 Å². The lowest BCUT2D eigenvalue weighted by molar-refractivity contribution is 0.0993. The molecule has 4 heteroatoms. The van der Waals surface area contributed by atoms with Gasteiger partial charge in [-0.15, -0.1) is 0 Å². The molecule has 0 spiro atoms. The fourth-order valence-corrected chi connectivity index (χ4v) is 1.75. The number of halogens is 2. The topological polar surface area (TPSA) is 30.0 Å². The minimum Gasteiger partial charge on any atom is -0.294 e. The smallest absolute Gasteiger partial charge is 0.168 e. The normalized spacial score (nSPS) is 10.2. The number of carbonyl (C=O) groups is 1. The number of pyridine rings is 1. The van der Waals surface area contributed by atoms with Crippen LogP contribution in [0.5, 0.6) is 0 Å². The van der Waals surface area contributed by atoms with E-state index in [9.17, 15) is 9.18 Å². The molecule has 0 unspecified atom stereocenters. The summed E-state index contributed by atoms with van der Waals surface area (Å²) in [5, 5.41) is 0.314. The summed E-state index contributed by atoms with van der Waals surface area (Å²) in [7, 11) is 0. The first-order valence-corrected chi connectivity index (χ1v) is 5.42. The van der Waals surface area contributed by atoms with Crippen LogP contribution in [-0.4, -0.2) is 10.8 Å². The van der Waals surface area contributed by atoms with Crippen molar-refractivity contribution in [2.45, 2.75) is 6.42 Å². The van der Waals surface area contributed by atoms with Crippen LogP contribution in [0.2, 0.25) is 5.02 Å². The molecule has 0 radical (unpaired) electrons. The standard InChI is InChI=1S/C13H9ClFNO/c14-12-8-16-5-4-11(12)13(17)7-9-2-1-3-10(15)6-9/h1-6,8H,7H2. The van der Waals surface area contributed by atoms with Crippen LogP contribution in [0.4, 0.5) is 4.39 Å². The molecule has 0 aliphatic rings. The number of benzene rings is 1. The summed E-state index contributed by atoms with van der Waals surface area (Å²) in [6.45, 7) is 0. The summed E-state index contributed by atoms with van der Waals surface area (Å²) in [5.41, 5.74) is 1.04. The van der Waals surface area contributed by atoms with Gasteiger partial charge in [0.2, 0.25) is 0 Å². The number of aromatic nitrogens is 1. The number of ketones is 1. The van der Waals surface area contributed by atoms with Crippen molar-refractivity contribution in [2.75, 3.05) is 0 Å². The molecule has 86 valence electrons. The predicted octanol–water partition coefficient (Wildman–Crippen LogP) is 3.30. The second kappa shape index (κ2) is 5.06. The van der Waals surface area contributed by atoms with E-state index >= 15 is 0 Å². The maximum atomic E-state index is 13.0. The maximum absolute atomic E-state index is 13.0. The summed E-state index contributed by atoms with van der Waals surface area (Å²) in [6.07, 6.45) is 3.05. The van der Waals surface area contributed by atoms with Gasteiger partial charge >= 0.3 is 0 Å². The lowest BCUT2D eigenvalue weighted by Gasteiger charge is -2.03. The molecular formula is C13H9ClFNO. The summed E-state index contributed by atoms with van der Waals surface area (Å²) in [5.74, 6) is -0.501. The van der Waals surface area contributed by atoms with Crippen molar-refractivity contribution >= 4 is 17.4 Å². The van der Waals surface area contributed by atoms with E-state index in [1.807, 2.05) is 0 Å². The van der Waals surface area contributed by atoms with E-state index < -0.39 is 0 Å². The molecule has 1 heterocycles. The highest BCUT2D eigenvalue weighted by atomic mass is 35.5. The van der Waals surface area contributed by atoms with E-state index in [0.29, 0.717) is 16.1 Å². The van der Waals surface area contributed by atoms with Gasteiger partial charge in [0.05, 0.1) is 5.02 Å². The molecule has 0 saturated carbocycles. The van der Waals surface area contributed by atoms with Gasteiger partial charge in [-0.3, -0.25) is 9.78 Å². The molecule has 1 aromatic carbocycles. The van der Waals surface area contributed by atoms with Crippen molar-refractivity contribution in [2.24, 2.45) is 0 Å². The first-order chi connectivity index (χ1) is 8.16. The quantitative estimate of drug-likeness (QED) is 0.782. The third kappa shape index (κ3) is 2.88. The van der Waals surface area contributed by atoms with Gasteiger partial charge in [-0.1, -0.05) is 23.7 Å². The Kier molecular flexibility index (Phi) is 3.49. The van der Waals surface area contributed by atoms with Gasteiger partial charge in [0, 0.05) is 24.4 Å². The first-order valence-electron chi connectivity index (χ1n) is 5.04. The van der Waals surface area contributed by atoms with Gasteiger partial charge in [-0.05, 0) is 23.8 Å². The van der Waals surface area contributed by atoms with Gasteiger partial charge < -0.3 is 0 Å². The van der Waals surface area contributed by atoms with Crippen LogP contribution >= 0.6 is 11.6 Å². The first kappa shape index (κ1) is 11.7. The monoisotopic (exact) mass is 249 g/mol. The second-order valence-electron chi connectivity index (χ2n) is 3.59. The molecule has 0 aliphatic heterocycles. The van der Waals surface area contributed by atoms with Gasteiger partial charge in [-0.25, -0.2) is 4.39 Å². The SMILES string of the molecule is O=C(Cc1cccc(F)c1)c1ccncc1Cl. The molecule has 2 nitrogen and oxygen atoms in total. The molecule has 0 N–H and O–H groups in total. The average molecular weight is 250 g/mol. The zero-order valence-electron chi connectivity index (χ0n) is 8.86. The van der Waals surface area contributed by atoms with Crippen LogP contribution in [0.15, 0.2) is 42.7 Å². The van der Waals surface area contributed by atoms with E-state index in [1.165, 1.54) is 24.5 Å². The van der Waals surface area contributed by atoms with Gasteiger partial charge in [0.15, 0.2) is 5.78 Å². The number of nitrogens with zero attached hydrogens (tertiary/aromatic N) is 1. The van der Waals surface area contributed by atoms with Crippen molar-refractivity contribution < 1.29 is 9.18 Å². The summed E-state index contributed by atoms with van der Waals surface area (Å²) in [4.78, 5) is 15.7. The minimum absolute atomic E-state index is 0.126. The molecular weight excluding hydrogens is 241 g/mol. The van der Waals surface area contributed by atoms with Crippen molar-refractivity contribution in [1.29, 1.82) is 0 Å². The highest BCUT2D eigenvalue weighted by Gasteiger charge is 2.11. The third-order valence-corrected chi connectivity index (χ3v) is 2.63. The summed E-state index contributed by atoms with van der Waals surface area (Å²) in [6, 6.07) is 7.52. The lowest BCUT2D eigenvalue weighted by Crippen LogP contribution is -2.04. The minimum atomic E-state index is -0.351. The highest BCUT2D eigenvalue weighted by Crippen LogP contribution is 2.16. The van der Waals surface area contributed by atoms with Crippen molar-refractivity contribution in [3.05, 3.63) is 64.7 Å². The Hall–Kier alpha value is -1.74. The fraction of sp³-hybridized carbons (Fsp3) is 0.0769. The lowest BCUT2D eigenvalue weighted by atomic mass is 10.0. The van der Waals surface area contributed by atoms with Gasteiger partial charge in [-0.2, -0.15) is 0 Å². The predicted molar refractivity (Wildman–Crippen MR) is 63.7 cm³/mol. The molecule has 2 aromatic rings. The molecule has 0 fully saturated rings. The van der Waals surface area contributed by atoms with E-state index in [4.69, 9.17) is 11.6 Å². The zero-order valence-corrected chi connectivity index (χ0v) is 9.62. The largest absolute Gasteiger partial charge is 0.294 e. The fourth-order valence-electron chi connectivity index (χ4n) is 1.53. The van der Waals surface area contributed by atoms with E-state index in [0.717, 1.165) is 0 Å². The Labute approximate surface area is 103 Å². The number of hydrogen-bond donors (Lipinski definition) is 0. The van der Waals surface area contributed by atoms with Crippen LogP contribution in [0, 0.1) is 5.82 Å². The second-order valence-corrected chi connectivity index (χ2v) is 3.99. The number of hydrogen-bond acceptors (Lipinski definition) is 2. The van der Waals surface area contributed by atoms with Gasteiger partial charge in [0.1, 0.15) is 5.82 Å². The molecule has 0 bridgehead atoms. The maximum Gasteiger partial charge on any atom is 0.168 e. The Bertz CT molecular complexity index is 557. The Morgan fingerprint density at radius 1 is 1.35 bits per heavy atom. The molecule has 1 aromatic heterocycles. The number of carbonyl (C=O) groups excluding carboxylic acids is 1. The Morgan fingerprint density at radius 3 is 2.88 bits per heavy atom. The van der Waals surface area contributed by atoms with Crippen LogP contribution in [0.1, 0.15) is 15.9 Å². The molecule has 17 heavy (non-hydrogen) atoms. The molecule has 2 rings (SSSR count). The van der Waals surface area contributed by atoms with Crippen LogP contribution in [0.3, 0.4) is 0 Å². The Morgan fingerprint density at radius 2 is 2.18 bits per heavy atom. The van der Waals surface area contributed by atoms with Crippen molar-refractivity contribution in [3.63, 3.8) is 0 Å². The van der Waals surface area contributed by atoms with Crippen LogP contribution in [0.25, 0.3) is 0 Å². The Balaban J connectivity index is 2.20. The third-order valence-electron chi connectivity index (χ3n) is 2.33. The van der Waals surface area contributed by atoms with Crippen molar-refractivity contribution in [1.82, 2.24) is 4.98 Å². The molecule has 0 saturated heterocycles. The molecule has 0 aliphatic carbocycles. The van der Waals surface area contributed by atoms with E-state index in [-0.39, 0.29) is 18.0 Å². The van der Waals surface area contributed by atoms with E-state index in [1.54, 1.807) is 18.2 Å². The van der Waals surface area contributed by atoms with E-state index in [2.05, 4.69) is 4.98 Å². The summed E-state index contributed by atoms with van der Waals surface area (Å²) < 4.78 is 13.0. The molecule has 0 atom stereocenters. The highest BCUT2D eigenvalue weighted by molar-refractivity contribution is 6.33. The number of Topliss-reactive ketones (excluding diaryl/α,β-unsaturated/α-hetero) is 1. The van der Waals surface area contributed by atoms with Gasteiger partial charge in [0.25, 0.3) is 0 Å². The average Bonchev–Trinajstić information content (AvgIpc) is 2.29. The summed E-state index contributed by atoms with van der Waals surface area (Å²) >= 11 is 5.86. The number of rotatable bonds is 3. The zero-order chi connectivity index (χ0) is 12.3.